The molecule has 0 bridgehead atoms. The molecule has 1 atom stereocenters. The SMILES string of the molecule is CCN(C(=O)C(Br)(C[N+](=O)[O-])CC(F)(F)F)c1ccccc1. The predicted molar refractivity (Wildman–Crippen MR) is 78.7 cm³/mol. The largest absolute Gasteiger partial charge is 0.391 e. The van der Waals surface area contributed by atoms with Crippen LogP contribution in [0.25, 0.3) is 0 Å². The number of rotatable bonds is 6. The van der Waals surface area contributed by atoms with Crippen LogP contribution in [0.4, 0.5) is 18.9 Å². The summed E-state index contributed by atoms with van der Waals surface area (Å²) < 4.78 is 35.8. The first kappa shape index (κ1) is 18.4. The van der Waals surface area contributed by atoms with Gasteiger partial charge in [-0.25, -0.2) is 0 Å². The molecule has 0 spiro atoms. The van der Waals surface area contributed by atoms with E-state index >= 15 is 0 Å². The predicted octanol–water partition coefficient (Wildman–Crippen LogP) is 3.40. The zero-order valence-corrected chi connectivity index (χ0v) is 13.2. The summed E-state index contributed by atoms with van der Waals surface area (Å²) in [6, 6.07) is 8.04. The molecule has 0 heterocycles. The number of nitro groups is 1. The van der Waals surface area contributed by atoms with Gasteiger partial charge >= 0.3 is 6.18 Å². The maximum absolute atomic E-state index is 12.7. The minimum Gasteiger partial charge on any atom is -0.311 e. The van der Waals surface area contributed by atoms with Crippen LogP contribution in [-0.2, 0) is 4.79 Å². The van der Waals surface area contributed by atoms with Gasteiger partial charge in [0.1, 0.15) is 0 Å². The van der Waals surface area contributed by atoms with E-state index in [4.69, 9.17) is 0 Å². The van der Waals surface area contributed by atoms with Gasteiger partial charge in [-0.2, -0.15) is 13.2 Å². The molecule has 0 fully saturated rings. The van der Waals surface area contributed by atoms with E-state index in [2.05, 4.69) is 15.9 Å². The summed E-state index contributed by atoms with van der Waals surface area (Å²) in [6.07, 6.45) is -6.34. The molecule has 1 amide bonds. The number of anilines is 1. The summed E-state index contributed by atoms with van der Waals surface area (Å²) in [5, 5.41) is 10.7. The lowest BCUT2D eigenvalue weighted by Crippen LogP contribution is -2.51. The number of nitrogens with zero attached hydrogens (tertiary/aromatic N) is 2. The van der Waals surface area contributed by atoms with Gasteiger partial charge in [-0.3, -0.25) is 14.9 Å². The molecule has 0 aliphatic heterocycles. The van der Waals surface area contributed by atoms with Gasteiger partial charge in [-0.1, -0.05) is 34.1 Å². The zero-order chi connectivity index (χ0) is 17.0. The third-order valence-corrected chi connectivity index (χ3v) is 3.74. The van der Waals surface area contributed by atoms with Crippen LogP contribution in [0.1, 0.15) is 13.3 Å². The number of carbonyl (C=O) groups is 1. The number of hydrogen-bond acceptors (Lipinski definition) is 3. The van der Waals surface area contributed by atoms with Gasteiger partial charge in [0, 0.05) is 17.2 Å². The molecular weight excluding hydrogens is 369 g/mol. The van der Waals surface area contributed by atoms with Crippen molar-refractivity contribution in [1.82, 2.24) is 0 Å². The van der Waals surface area contributed by atoms with Gasteiger partial charge in [0.2, 0.25) is 6.54 Å². The van der Waals surface area contributed by atoms with E-state index in [-0.39, 0.29) is 6.54 Å². The van der Waals surface area contributed by atoms with Gasteiger partial charge < -0.3 is 4.90 Å². The quantitative estimate of drug-likeness (QED) is 0.430. The second-order valence-electron chi connectivity index (χ2n) is 4.63. The Balaban J connectivity index is 3.17. The van der Waals surface area contributed by atoms with Crippen molar-refractivity contribution in [2.45, 2.75) is 23.8 Å². The first-order chi connectivity index (χ1) is 10.1. The highest BCUT2D eigenvalue weighted by atomic mass is 79.9. The Labute approximate surface area is 133 Å². The number of halogens is 4. The van der Waals surface area contributed by atoms with E-state index in [1.807, 2.05) is 0 Å². The highest BCUT2D eigenvalue weighted by molar-refractivity contribution is 9.10. The summed E-state index contributed by atoms with van der Waals surface area (Å²) in [5.41, 5.74) is 0.379. The van der Waals surface area contributed by atoms with Gasteiger partial charge in [0.25, 0.3) is 5.91 Å². The number of amides is 1. The summed E-state index contributed by atoms with van der Waals surface area (Å²) in [6.45, 7) is 0.512. The fourth-order valence-electron chi connectivity index (χ4n) is 2.01. The van der Waals surface area contributed by atoms with Crippen LogP contribution in [0, 0.1) is 10.1 Å². The van der Waals surface area contributed by atoms with E-state index in [1.54, 1.807) is 37.3 Å². The molecule has 1 aromatic rings. The lowest BCUT2D eigenvalue weighted by atomic mass is 10.0. The van der Waals surface area contributed by atoms with Crippen molar-refractivity contribution in [2.75, 3.05) is 18.0 Å². The minimum absolute atomic E-state index is 0.0891. The molecule has 122 valence electrons. The molecule has 22 heavy (non-hydrogen) atoms. The van der Waals surface area contributed by atoms with Crippen molar-refractivity contribution in [3.05, 3.63) is 40.4 Å². The fraction of sp³-hybridized carbons (Fsp3) is 0.462. The lowest BCUT2D eigenvalue weighted by molar-refractivity contribution is -0.483. The molecule has 0 aliphatic rings. The van der Waals surface area contributed by atoms with Crippen molar-refractivity contribution < 1.29 is 22.9 Å². The molecule has 0 saturated heterocycles. The van der Waals surface area contributed by atoms with E-state index in [9.17, 15) is 28.1 Å². The van der Waals surface area contributed by atoms with Crippen molar-refractivity contribution >= 4 is 27.5 Å². The van der Waals surface area contributed by atoms with E-state index in [0.29, 0.717) is 5.69 Å². The van der Waals surface area contributed by atoms with Crippen LogP contribution in [-0.4, -0.2) is 34.4 Å². The average molecular weight is 383 g/mol. The molecule has 1 unspecified atom stereocenters. The Morgan fingerprint density at radius 1 is 1.32 bits per heavy atom. The third-order valence-electron chi connectivity index (χ3n) is 2.87. The summed E-state index contributed by atoms with van der Waals surface area (Å²) in [4.78, 5) is 23.3. The fourth-order valence-corrected chi connectivity index (χ4v) is 2.75. The number of hydrogen-bond donors (Lipinski definition) is 0. The van der Waals surface area contributed by atoms with E-state index in [1.165, 1.54) is 0 Å². The third kappa shape index (κ3) is 4.97. The highest BCUT2D eigenvalue weighted by Crippen LogP contribution is 2.36. The van der Waals surface area contributed by atoms with Crippen molar-refractivity contribution in [3.63, 3.8) is 0 Å². The molecule has 9 heteroatoms. The summed E-state index contributed by atoms with van der Waals surface area (Å²) in [7, 11) is 0. The summed E-state index contributed by atoms with van der Waals surface area (Å²) >= 11 is 2.67. The minimum atomic E-state index is -4.72. The molecule has 0 aliphatic carbocycles. The second kappa shape index (κ2) is 7.08. The van der Waals surface area contributed by atoms with Gasteiger partial charge in [-0.05, 0) is 19.1 Å². The number of carbonyl (C=O) groups excluding carboxylic acids is 1. The summed E-state index contributed by atoms with van der Waals surface area (Å²) in [5.74, 6) is -0.991. The van der Waals surface area contributed by atoms with E-state index < -0.39 is 34.3 Å². The number of para-hydroxylation sites is 1. The topological polar surface area (TPSA) is 63.5 Å². The van der Waals surface area contributed by atoms with Crippen molar-refractivity contribution in [2.24, 2.45) is 0 Å². The zero-order valence-electron chi connectivity index (χ0n) is 11.6. The van der Waals surface area contributed by atoms with Crippen LogP contribution in [0.15, 0.2) is 30.3 Å². The van der Waals surface area contributed by atoms with Gasteiger partial charge in [0.05, 0.1) is 6.42 Å². The number of benzene rings is 1. The van der Waals surface area contributed by atoms with Crippen molar-refractivity contribution in [3.8, 4) is 0 Å². The van der Waals surface area contributed by atoms with Crippen LogP contribution in [0.3, 0.4) is 0 Å². The van der Waals surface area contributed by atoms with Gasteiger partial charge in [0.15, 0.2) is 4.32 Å². The molecule has 0 saturated carbocycles. The molecular formula is C13H14BrF3N2O3. The van der Waals surface area contributed by atoms with E-state index in [0.717, 1.165) is 4.90 Å². The van der Waals surface area contributed by atoms with Crippen LogP contribution in [0.5, 0.6) is 0 Å². The Bertz CT molecular complexity index is 539. The monoisotopic (exact) mass is 382 g/mol. The molecule has 5 nitrogen and oxygen atoms in total. The maximum atomic E-state index is 12.7. The van der Waals surface area contributed by atoms with Crippen LogP contribution < -0.4 is 4.90 Å². The molecule has 0 aromatic heterocycles. The Kier molecular flexibility index (Phi) is 5.92. The number of alkyl halides is 4. The second-order valence-corrected chi connectivity index (χ2v) is 6.15. The normalized spacial score (nSPS) is 14.2. The van der Waals surface area contributed by atoms with Gasteiger partial charge in [-0.15, -0.1) is 0 Å². The Hall–Kier alpha value is -1.64. The lowest BCUT2D eigenvalue weighted by Gasteiger charge is -2.30. The molecule has 1 rings (SSSR count). The maximum Gasteiger partial charge on any atom is 0.391 e. The molecule has 0 radical (unpaired) electrons. The highest BCUT2D eigenvalue weighted by Gasteiger charge is 2.51. The molecule has 1 aromatic carbocycles. The van der Waals surface area contributed by atoms with Crippen LogP contribution in [0.2, 0.25) is 0 Å². The first-order valence-corrected chi connectivity index (χ1v) is 7.13. The Morgan fingerprint density at radius 3 is 2.27 bits per heavy atom. The average Bonchev–Trinajstić information content (AvgIpc) is 2.37. The standard InChI is InChI=1S/C13H14BrF3N2O3/c1-2-18(10-6-4-3-5-7-10)11(20)12(14,9-19(21)22)8-13(15,16)17/h3-7H,2,8-9H2,1H3. The smallest absolute Gasteiger partial charge is 0.311 e. The molecule has 0 N–H and O–H groups in total. The first-order valence-electron chi connectivity index (χ1n) is 6.33. The Morgan fingerprint density at radius 2 is 1.86 bits per heavy atom. The van der Waals surface area contributed by atoms with Crippen LogP contribution >= 0.6 is 15.9 Å². The van der Waals surface area contributed by atoms with Crippen molar-refractivity contribution in [1.29, 1.82) is 0 Å².